The average Bonchev–Trinajstić information content (AvgIpc) is 2.90. The van der Waals surface area contributed by atoms with E-state index in [2.05, 4.69) is 21.4 Å². The summed E-state index contributed by atoms with van der Waals surface area (Å²) >= 11 is 0. The fourth-order valence-corrected chi connectivity index (χ4v) is 4.04. The Bertz CT molecular complexity index is 582. The van der Waals surface area contributed by atoms with Gasteiger partial charge in [-0.05, 0) is 58.4 Å². The van der Waals surface area contributed by atoms with Gasteiger partial charge >= 0.3 is 6.09 Å². The van der Waals surface area contributed by atoms with Gasteiger partial charge in [-0.15, -0.1) is 0 Å². The standard InChI is InChI=1S/C18H30N4O2/c1-17(2,3)24-16(23)19-13-18-8-5-14(6-9-18)11-22(18)12-15-7-10-20-21(15)4/h7,10,14H,5-6,8-9,11-13H2,1-4H3,(H,19,23). The lowest BCUT2D eigenvalue weighted by Crippen LogP contribution is -2.62. The molecule has 24 heavy (non-hydrogen) atoms. The minimum absolute atomic E-state index is 0.0515. The van der Waals surface area contributed by atoms with Crippen molar-refractivity contribution in [3.8, 4) is 0 Å². The zero-order valence-electron chi connectivity index (χ0n) is 15.3. The molecule has 1 aromatic rings. The summed E-state index contributed by atoms with van der Waals surface area (Å²) in [5.74, 6) is 0.793. The SMILES string of the molecule is Cn1nccc1CN1CC2CCC1(CNC(=O)OC(C)(C)C)CC2. The van der Waals surface area contributed by atoms with E-state index in [-0.39, 0.29) is 11.6 Å². The highest BCUT2D eigenvalue weighted by molar-refractivity contribution is 5.67. The third-order valence-corrected chi connectivity index (χ3v) is 5.42. The molecule has 0 aromatic carbocycles. The molecule has 3 heterocycles. The smallest absolute Gasteiger partial charge is 0.407 e. The third kappa shape index (κ3) is 3.74. The molecule has 1 aliphatic carbocycles. The normalized spacial score (nSPS) is 27.2. The summed E-state index contributed by atoms with van der Waals surface area (Å²) < 4.78 is 7.35. The second kappa shape index (κ2) is 6.39. The minimum Gasteiger partial charge on any atom is -0.444 e. The van der Waals surface area contributed by atoms with Crippen molar-refractivity contribution in [2.24, 2.45) is 13.0 Å². The second-order valence-corrected chi connectivity index (χ2v) is 8.35. The lowest BCUT2D eigenvalue weighted by atomic mass is 9.70. The number of nitrogens with zero attached hydrogens (tertiary/aromatic N) is 3. The first-order valence-electron chi connectivity index (χ1n) is 8.96. The Morgan fingerprint density at radius 1 is 1.42 bits per heavy atom. The number of ether oxygens (including phenoxy) is 1. The molecule has 2 saturated heterocycles. The third-order valence-electron chi connectivity index (χ3n) is 5.42. The van der Waals surface area contributed by atoms with Gasteiger partial charge in [0.25, 0.3) is 0 Å². The largest absolute Gasteiger partial charge is 0.444 e. The molecule has 4 rings (SSSR count). The molecule has 0 atom stereocenters. The first-order chi connectivity index (χ1) is 11.3. The zero-order chi connectivity index (χ0) is 17.4. The Hall–Kier alpha value is -1.56. The highest BCUT2D eigenvalue weighted by atomic mass is 16.6. The van der Waals surface area contributed by atoms with Crippen LogP contribution in [0, 0.1) is 5.92 Å². The fourth-order valence-electron chi connectivity index (χ4n) is 4.04. The van der Waals surface area contributed by atoms with Gasteiger partial charge in [0.1, 0.15) is 5.60 Å². The van der Waals surface area contributed by atoms with Gasteiger partial charge < -0.3 is 10.1 Å². The number of carbonyl (C=O) groups is 1. The molecule has 6 nitrogen and oxygen atoms in total. The minimum atomic E-state index is -0.458. The van der Waals surface area contributed by atoms with Crippen LogP contribution in [-0.4, -0.2) is 45.0 Å². The lowest BCUT2D eigenvalue weighted by Gasteiger charge is -2.54. The molecule has 3 aliphatic rings. The van der Waals surface area contributed by atoms with Crippen molar-refractivity contribution in [3.05, 3.63) is 18.0 Å². The predicted molar refractivity (Wildman–Crippen MR) is 92.5 cm³/mol. The van der Waals surface area contributed by atoms with E-state index < -0.39 is 5.60 Å². The van der Waals surface area contributed by atoms with Crippen LogP contribution < -0.4 is 5.32 Å². The lowest BCUT2D eigenvalue weighted by molar-refractivity contribution is -0.0422. The highest BCUT2D eigenvalue weighted by Crippen LogP contribution is 2.43. The van der Waals surface area contributed by atoms with Crippen LogP contribution in [0.1, 0.15) is 52.1 Å². The summed E-state index contributed by atoms with van der Waals surface area (Å²) in [6.45, 7) is 8.35. The molecule has 3 fully saturated rings. The van der Waals surface area contributed by atoms with Crippen LogP contribution in [0.4, 0.5) is 4.79 Å². The molecule has 1 saturated carbocycles. The molecule has 1 aromatic heterocycles. The number of rotatable bonds is 4. The number of carbonyl (C=O) groups excluding carboxylic acids is 1. The van der Waals surface area contributed by atoms with Gasteiger partial charge in [-0.25, -0.2) is 4.79 Å². The number of piperidine rings is 2. The van der Waals surface area contributed by atoms with Gasteiger partial charge in [-0.2, -0.15) is 5.10 Å². The summed E-state index contributed by atoms with van der Waals surface area (Å²) in [6.07, 6.45) is 6.35. The van der Waals surface area contributed by atoms with Crippen LogP contribution in [0.2, 0.25) is 0 Å². The van der Waals surface area contributed by atoms with Gasteiger partial charge in [-0.1, -0.05) is 0 Å². The Morgan fingerprint density at radius 3 is 2.71 bits per heavy atom. The van der Waals surface area contributed by atoms with Crippen LogP contribution in [0.5, 0.6) is 0 Å². The number of nitrogens with one attached hydrogen (secondary N) is 1. The molecule has 1 N–H and O–H groups in total. The zero-order valence-corrected chi connectivity index (χ0v) is 15.3. The second-order valence-electron chi connectivity index (χ2n) is 8.35. The van der Waals surface area contributed by atoms with Crippen molar-refractivity contribution in [1.82, 2.24) is 20.0 Å². The van der Waals surface area contributed by atoms with Crippen molar-refractivity contribution in [2.75, 3.05) is 13.1 Å². The molecule has 1 amide bonds. The number of alkyl carbamates (subject to hydrolysis) is 1. The van der Waals surface area contributed by atoms with Gasteiger partial charge in [0.2, 0.25) is 0 Å². The number of aryl methyl sites for hydroxylation is 1. The van der Waals surface area contributed by atoms with E-state index in [4.69, 9.17) is 4.74 Å². The molecular formula is C18H30N4O2. The van der Waals surface area contributed by atoms with Crippen molar-refractivity contribution in [3.63, 3.8) is 0 Å². The van der Waals surface area contributed by atoms with Crippen molar-refractivity contribution >= 4 is 6.09 Å². The summed E-state index contributed by atoms with van der Waals surface area (Å²) in [4.78, 5) is 14.6. The first kappa shape index (κ1) is 17.3. The number of hydrogen-bond donors (Lipinski definition) is 1. The van der Waals surface area contributed by atoms with Crippen LogP contribution >= 0.6 is 0 Å². The van der Waals surface area contributed by atoms with E-state index in [0.29, 0.717) is 6.54 Å². The summed E-state index contributed by atoms with van der Waals surface area (Å²) in [5.41, 5.74) is 0.815. The maximum Gasteiger partial charge on any atom is 0.407 e. The van der Waals surface area contributed by atoms with E-state index in [0.717, 1.165) is 31.8 Å². The van der Waals surface area contributed by atoms with Gasteiger partial charge in [-0.3, -0.25) is 9.58 Å². The molecular weight excluding hydrogens is 304 g/mol. The number of amides is 1. The maximum atomic E-state index is 12.1. The summed E-state index contributed by atoms with van der Waals surface area (Å²) in [6, 6.07) is 2.08. The Morgan fingerprint density at radius 2 is 2.12 bits per heavy atom. The van der Waals surface area contributed by atoms with Crippen LogP contribution in [0.15, 0.2) is 12.3 Å². The van der Waals surface area contributed by atoms with Gasteiger partial charge in [0.05, 0.1) is 5.69 Å². The molecule has 0 spiro atoms. The maximum absolute atomic E-state index is 12.1. The molecule has 6 heteroatoms. The van der Waals surface area contributed by atoms with Crippen LogP contribution in [0.25, 0.3) is 0 Å². The van der Waals surface area contributed by atoms with E-state index in [9.17, 15) is 4.79 Å². The molecule has 0 radical (unpaired) electrons. The first-order valence-corrected chi connectivity index (χ1v) is 8.96. The molecule has 2 bridgehead atoms. The quantitative estimate of drug-likeness (QED) is 0.920. The van der Waals surface area contributed by atoms with Gasteiger partial charge in [0.15, 0.2) is 0 Å². The number of hydrogen-bond acceptors (Lipinski definition) is 4. The van der Waals surface area contributed by atoms with E-state index in [1.165, 1.54) is 18.5 Å². The van der Waals surface area contributed by atoms with Crippen molar-refractivity contribution < 1.29 is 9.53 Å². The molecule has 2 aliphatic heterocycles. The summed E-state index contributed by atoms with van der Waals surface area (Å²) in [5, 5.41) is 7.31. The number of aromatic nitrogens is 2. The van der Waals surface area contributed by atoms with Crippen LogP contribution in [0.3, 0.4) is 0 Å². The van der Waals surface area contributed by atoms with Crippen molar-refractivity contribution in [1.29, 1.82) is 0 Å². The topological polar surface area (TPSA) is 59.4 Å². The van der Waals surface area contributed by atoms with Gasteiger partial charge in [0, 0.05) is 38.4 Å². The number of fused-ring (bicyclic) bond motifs is 3. The Balaban J connectivity index is 1.67. The monoisotopic (exact) mass is 334 g/mol. The van der Waals surface area contributed by atoms with E-state index in [1.807, 2.05) is 38.7 Å². The molecule has 0 unspecified atom stereocenters. The van der Waals surface area contributed by atoms with Crippen LogP contribution in [-0.2, 0) is 18.3 Å². The average molecular weight is 334 g/mol. The highest BCUT2D eigenvalue weighted by Gasteiger charge is 2.46. The van der Waals surface area contributed by atoms with E-state index >= 15 is 0 Å². The van der Waals surface area contributed by atoms with Crippen molar-refractivity contribution in [2.45, 2.75) is 64.1 Å². The summed E-state index contributed by atoms with van der Waals surface area (Å²) in [7, 11) is 1.99. The Labute approximate surface area is 144 Å². The predicted octanol–water partition coefficient (Wildman–Crippen LogP) is 2.69. The molecule has 134 valence electrons. The Kier molecular flexibility index (Phi) is 4.60. The van der Waals surface area contributed by atoms with E-state index in [1.54, 1.807) is 0 Å². The fraction of sp³-hybridized carbons (Fsp3) is 0.778.